The average molecular weight is 337 g/mol. The number of fused-ring (bicyclic) bond motifs is 2. The van der Waals surface area contributed by atoms with Crippen LogP contribution in [-0.4, -0.2) is 29.5 Å². The highest BCUT2D eigenvalue weighted by Gasteiger charge is 2.16. The minimum absolute atomic E-state index is 0.291. The molecule has 0 amide bonds. The highest BCUT2D eigenvalue weighted by molar-refractivity contribution is 5.99. The number of nitrogen functional groups attached to an aromatic ring is 1. The molecule has 3 N–H and O–H groups in total. The van der Waals surface area contributed by atoms with E-state index >= 15 is 0 Å². The lowest BCUT2D eigenvalue weighted by atomic mass is 10.1. The van der Waals surface area contributed by atoms with Crippen LogP contribution in [0.25, 0.3) is 33.5 Å². The van der Waals surface area contributed by atoms with Crippen molar-refractivity contribution in [3.63, 3.8) is 0 Å². The molecule has 0 spiro atoms. The van der Waals surface area contributed by atoms with Crippen molar-refractivity contribution < 1.29 is 0 Å². The molecule has 130 valence electrons. The van der Waals surface area contributed by atoms with E-state index in [1.807, 2.05) is 39.1 Å². The van der Waals surface area contributed by atoms with Crippen LogP contribution < -0.4 is 5.73 Å². The molecule has 7 heteroatoms. The summed E-state index contributed by atoms with van der Waals surface area (Å²) in [6.45, 7) is 10.2. The summed E-state index contributed by atoms with van der Waals surface area (Å²) in [5.74, 6) is 1.41. The molecule has 0 fully saturated rings. The predicted molar refractivity (Wildman–Crippen MR) is 101 cm³/mol. The summed E-state index contributed by atoms with van der Waals surface area (Å²) in [7, 11) is 0. The number of hydrogen-bond donors (Lipinski definition) is 2. The van der Waals surface area contributed by atoms with E-state index in [9.17, 15) is 0 Å². The summed E-state index contributed by atoms with van der Waals surface area (Å²) in [5.41, 5.74) is 10.2. The molecule has 0 unspecified atom stereocenters. The summed E-state index contributed by atoms with van der Waals surface area (Å²) in [6, 6.07) is 4.23. The molecular weight excluding hydrogens is 314 g/mol. The van der Waals surface area contributed by atoms with Crippen LogP contribution in [0.1, 0.15) is 39.6 Å². The Bertz CT molecular complexity index is 1030. The first-order valence-electron chi connectivity index (χ1n) is 8.49. The second-order valence-electron chi connectivity index (χ2n) is 5.85. The predicted octanol–water partition coefficient (Wildman–Crippen LogP) is 3.87. The Morgan fingerprint density at radius 1 is 1.12 bits per heavy atom. The Labute approximate surface area is 146 Å². The van der Waals surface area contributed by atoms with Crippen LogP contribution in [0, 0.1) is 6.92 Å². The molecule has 4 aromatic heterocycles. The van der Waals surface area contributed by atoms with Gasteiger partial charge in [-0.15, -0.1) is 0 Å². The molecule has 7 nitrogen and oxygen atoms in total. The fourth-order valence-corrected chi connectivity index (χ4v) is 3.04. The highest BCUT2D eigenvalue weighted by Crippen LogP contribution is 2.31. The minimum atomic E-state index is 0.291. The van der Waals surface area contributed by atoms with Crippen molar-refractivity contribution in [3.05, 3.63) is 30.5 Å². The second kappa shape index (κ2) is 6.51. The first kappa shape index (κ1) is 16.9. The summed E-state index contributed by atoms with van der Waals surface area (Å²) in [4.78, 5) is 20.8. The Morgan fingerprint density at radius 2 is 1.88 bits per heavy atom. The zero-order chi connectivity index (χ0) is 18.1. The van der Waals surface area contributed by atoms with Crippen molar-refractivity contribution in [3.8, 4) is 11.3 Å². The van der Waals surface area contributed by atoms with E-state index in [1.54, 1.807) is 0 Å². The number of anilines is 1. The number of aryl methyl sites for hydroxylation is 1. The normalized spacial score (nSPS) is 11.1. The lowest BCUT2D eigenvalue weighted by Crippen LogP contribution is -2.04. The fourth-order valence-electron chi connectivity index (χ4n) is 3.04. The van der Waals surface area contributed by atoms with Gasteiger partial charge in [-0.1, -0.05) is 13.8 Å². The SMILES string of the molecule is CC.Cc1nc2ccc(-c3c[nH]c4ncnc(N)c34)nc2n1C(C)C. The van der Waals surface area contributed by atoms with Crippen LogP contribution >= 0.6 is 0 Å². The maximum atomic E-state index is 6.02. The number of nitrogens with one attached hydrogen (secondary N) is 1. The van der Waals surface area contributed by atoms with Gasteiger partial charge < -0.3 is 15.3 Å². The van der Waals surface area contributed by atoms with Gasteiger partial charge in [0.05, 0.1) is 11.1 Å². The molecule has 4 heterocycles. The van der Waals surface area contributed by atoms with E-state index in [4.69, 9.17) is 10.7 Å². The van der Waals surface area contributed by atoms with Gasteiger partial charge in [-0.05, 0) is 32.9 Å². The lowest BCUT2D eigenvalue weighted by molar-refractivity contribution is 0.595. The van der Waals surface area contributed by atoms with Crippen molar-refractivity contribution >= 4 is 28.0 Å². The maximum absolute atomic E-state index is 6.02. The van der Waals surface area contributed by atoms with Crippen molar-refractivity contribution in [2.24, 2.45) is 0 Å². The number of aromatic nitrogens is 6. The molecule has 0 aliphatic heterocycles. The van der Waals surface area contributed by atoms with Crippen molar-refractivity contribution in [2.75, 3.05) is 5.73 Å². The summed E-state index contributed by atoms with van der Waals surface area (Å²) < 4.78 is 2.13. The minimum Gasteiger partial charge on any atom is -0.383 e. The Balaban J connectivity index is 0.000000880. The maximum Gasteiger partial charge on any atom is 0.160 e. The standard InChI is InChI=1S/C16H17N7.C2H6/c1-8(2)23-9(3)21-12-5-4-11(22-16(12)23)10-6-18-15-13(10)14(17)19-7-20-15;1-2/h4-8H,1-3H3,(H3,17,18,19,20);1-2H3. The largest absolute Gasteiger partial charge is 0.383 e. The van der Waals surface area contributed by atoms with Crippen LogP contribution in [0.15, 0.2) is 24.7 Å². The van der Waals surface area contributed by atoms with Gasteiger partial charge in [0.25, 0.3) is 0 Å². The van der Waals surface area contributed by atoms with E-state index in [0.29, 0.717) is 17.5 Å². The molecule has 0 aliphatic rings. The van der Waals surface area contributed by atoms with Gasteiger partial charge in [0.15, 0.2) is 5.65 Å². The summed E-state index contributed by atoms with van der Waals surface area (Å²) in [5, 5.41) is 0.798. The van der Waals surface area contributed by atoms with E-state index in [0.717, 1.165) is 33.6 Å². The number of rotatable bonds is 2. The number of H-pyrrole nitrogens is 1. The Morgan fingerprint density at radius 3 is 2.60 bits per heavy atom. The first-order chi connectivity index (χ1) is 12.1. The third-order valence-corrected chi connectivity index (χ3v) is 4.01. The van der Waals surface area contributed by atoms with Gasteiger partial charge in [0.1, 0.15) is 29.1 Å². The molecular formula is C18H23N7. The number of imidazole rings is 1. The van der Waals surface area contributed by atoms with Gasteiger partial charge in [0, 0.05) is 17.8 Å². The molecule has 0 saturated carbocycles. The molecule has 0 radical (unpaired) electrons. The zero-order valence-corrected chi connectivity index (χ0v) is 15.2. The van der Waals surface area contributed by atoms with Crippen LogP contribution in [0.5, 0.6) is 0 Å². The molecule has 0 saturated heterocycles. The number of aromatic amines is 1. The monoisotopic (exact) mass is 337 g/mol. The average Bonchev–Trinajstić information content (AvgIpc) is 3.17. The Kier molecular flexibility index (Phi) is 4.39. The third-order valence-electron chi connectivity index (χ3n) is 4.01. The fraction of sp³-hybridized carbons (Fsp3) is 0.333. The van der Waals surface area contributed by atoms with E-state index < -0.39 is 0 Å². The smallest absolute Gasteiger partial charge is 0.160 e. The van der Waals surface area contributed by atoms with Gasteiger partial charge in [-0.3, -0.25) is 0 Å². The quantitative estimate of drug-likeness (QED) is 0.578. The van der Waals surface area contributed by atoms with Crippen LogP contribution in [0.4, 0.5) is 5.82 Å². The molecule has 4 aromatic rings. The second-order valence-corrected chi connectivity index (χ2v) is 5.85. The van der Waals surface area contributed by atoms with Crippen LogP contribution in [0.2, 0.25) is 0 Å². The number of nitrogens with zero attached hydrogens (tertiary/aromatic N) is 5. The Hall–Kier alpha value is -2.96. The van der Waals surface area contributed by atoms with E-state index in [2.05, 4.69) is 38.4 Å². The number of hydrogen-bond acceptors (Lipinski definition) is 5. The highest BCUT2D eigenvalue weighted by atomic mass is 15.1. The van der Waals surface area contributed by atoms with Gasteiger partial charge >= 0.3 is 0 Å². The number of pyridine rings is 1. The molecule has 0 atom stereocenters. The van der Waals surface area contributed by atoms with Crippen LogP contribution in [0.3, 0.4) is 0 Å². The van der Waals surface area contributed by atoms with Gasteiger partial charge in [-0.2, -0.15) is 0 Å². The van der Waals surface area contributed by atoms with E-state index in [-0.39, 0.29) is 0 Å². The van der Waals surface area contributed by atoms with E-state index in [1.165, 1.54) is 6.33 Å². The molecule has 0 aromatic carbocycles. The van der Waals surface area contributed by atoms with Crippen molar-refractivity contribution in [1.82, 2.24) is 29.5 Å². The summed E-state index contributed by atoms with van der Waals surface area (Å²) in [6.07, 6.45) is 3.32. The lowest BCUT2D eigenvalue weighted by Gasteiger charge is -2.10. The topological polar surface area (TPSA) is 98.3 Å². The molecule has 4 rings (SSSR count). The number of nitrogens with two attached hydrogens (primary N) is 1. The molecule has 0 aliphatic carbocycles. The van der Waals surface area contributed by atoms with Gasteiger partial charge in [-0.25, -0.2) is 19.9 Å². The molecule has 25 heavy (non-hydrogen) atoms. The van der Waals surface area contributed by atoms with Gasteiger partial charge in [0.2, 0.25) is 0 Å². The van der Waals surface area contributed by atoms with Crippen molar-refractivity contribution in [2.45, 2.75) is 40.7 Å². The van der Waals surface area contributed by atoms with Crippen molar-refractivity contribution in [1.29, 1.82) is 0 Å². The first-order valence-corrected chi connectivity index (χ1v) is 8.49. The third kappa shape index (κ3) is 2.71. The van der Waals surface area contributed by atoms with Crippen LogP contribution in [-0.2, 0) is 0 Å². The summed E-state index contributed by atoms with van der Waals surface area (Å²) >= 11 is 0. The zero-order valence-electron chi connectivity index (χ0n) is 15.2. The molecule has 0 bridgehead atoms.